The molecule has 0 bridgehead atoms. The van der Waals surface area contributed by atoms with Crippen LogP contribution in [0, 0.1) is 5.92 Å². The zero-order valence-electron chi connectivity index (χ0n) is 14.1. The van der Waals surface area contributed by atoms with Gasteiger partial charge in [-0.05, 0) is 24.6 Å². The van der Waals surface area contributed by atoms with Crippen molar-refractivity contribution >= 4 is 18.0 Å². The Morgan fingerprint density at radius 1 is 1.35 bits per heavy atom. The summed E-state index contributed by atoms with van der Waals surface area (Å²) in [5.74, 6) is -0.309. The number of dihydropyridines is 1. The molecule has 7 heteroatoms. The van der Waals surface area contributed by atoms with Crippen molar-refractivity contribution in [2.45, 2.75) is 26.0 Å². The van der Waals surface area contributed by atoms with Crippen molar-refractivity contribution in [3.8, 4) is 17.1 Å². The summed E-state index contributed by atoms with van der Waals surface area (Å²) >= 11 is 0. The lowest BCUT2D eigenvalue weighted by atomic mass is 10.1. The fourth-order valence-electron chi connectivity index (χ4n) is 3.01. The maximum atomic E-state index is 12.1. The van der Waals surface area contributed by atoms with Crippen LogP contribution in [0.1, 0.15) is 18.2 Å². The second-order valence-electron chi connectivity index (χ2n) is 6.33. The number of carbonyl (C=O) groups excluding carboxylic acids is 2. The first-order valence-corrected chi connectivity index (χ1v) is 8.38. The van der Waals surface area contributed by atoms with Gasteiger partial charge in [-0.15, -0.1) is 0 Å². The van der Waals surface area contributed by atoms with Gasteiger partial charge in [0.15, 0.2) is 5.76 Å². The topological polar surface area (TPSA) is 93.8 Å². The smallest absolute Gasteiger partial charge is 0.262 e. The number of nitrogens with one attached hydrogen (secondary N) is 1. The molecule has 1 N–H and O–H groups in total. The number of nitrogens with zero attached hydrogens (tertiary/aromatic N) is 2. The van der Waals surface area contributed by atoms with Gasteiger partial charge in [0.25, 0.3) is 5.91 Å². The minimum Gasteiger partial charge on any atom is -0.490 e. The third kappa shape index (κ3) is 3.15. The number of hydrogen-bond donors (Lipinski definition) is 1. The van der Waals surface area contributed by atoms with Crippen molar-refractivity contribution in [3.05, 3.63) is 47.7 Å². The van der Waals surface area contributed by atoms with Gasteiger partial charge in [-0.25, -0.2) is 4.99 Å². The first kappa shape index (κ1) is 16.3. The fraction of sp³-hybridized carbons (Fsp3) is 0.263. The van der Waals surface area contributed by atoms with E-state index in [9.17, 15) is 9.59 Å². The number of fused-ring (bicyclic) bond motifs is 1. The summed E-state index contributed by atoms with van der Waals surface area (Å²) in [4.78, 5) is 27.3. The quantitative estimate of drug-likeness (QED) is 0.851. The van der Waals surface area contributed by atoms with Gasteiger partial charge < -0.3 is 14.6 Å². The summed E-state index contributed by atoms with van der Waals surface area (Å²) in [6.45, 7) is 2.20. The van der Waals surface area contributed by atoms with Crippen molar-refractivity contribution in [1.82, 2.24) is 10.5 Å². The third-order valence-electron chi connectivity index (χ3n) is 4.33. The Bertz CT molecular complexity index is 929. The third-order valence-corrected chi connectivity index (χ3v) is 4.33. The van der Waals surface area contributed by atoms with E-state index in [1.165, 1.54) is 17.9 Å². The standard InChI is InChI=1S/C19H17N3O4/c1-11-7-12-4-5-13(8-16(12)25-11)17-9-14(22-26-17)10-21-19(24)15-3-2-6-20-18(15)23/h2-6,8-9,11,15H,7,10H2,1H3,(H,21,24). The highest BCUT2D eigenvalue weighted by Gasteiger charge is 2.25. The molecule has 0 aliphatic carbocycles. The Kier molecular flexibility index (Phi) is 4.12. The van der Waals surface area contributed by atoms with Crippen molar-refractivity contribution < 1.29 is 18.8 Å². The molecule has 7 nitrogen and oxygen atoms in total. The molecule has 2 aliphatic rings. The van der Waals surface area contributed by atoms with E-state index in [4.69, 9.17) is 9.26 Å². The number of ether oxygens (including phenoxy) is 1. The Hall–Kier alpha value is -3.22. The molecule has 0 spiro atoms. The molecule has 1 aromatic carbocycles. The molecular formula is C19H17N3O4. The first-order chi connectivity index (χ1) is 12.6. The lowest BCUT2D eigenvalue weighted by Crippen LogP contribution is -2.34. The summed E-state index contributed by atoms with van der Waals surface area (Å²) in [5.41, 5.74) is 2.61. The molecule has 26 heavy (non-hydrogen) atoms. The summed E-state index contributed by atoms with van der Waals surface area (Å²) in [6, 6.07) is 7.69. The molecule has 2 atom stereocenters. The Morgan fingerprint density at radius 3 is 3.08 bits per heavy atom. The molecular weight excluding hydrogens is 334 g/mol. The Labute approximate surface area is 149 Å². The normalized spacial score (nSPS) is 20.7. The lowest BCUT2D eigenvalue weighted by Gasteiger charge is -2.10. The van der Waals surface area contributed by atoms with Crippen LogP contribution in [0.25, 0.3) is 11.3 Å². The number of allylic oxidation sites excluding steroid dienone is 1. The average Bonchev–Trinajstić information content (AvgIpc) is 3.24. The number of aromatic nitrogens is 1. The van der Waals surface area contributed by atoms with Crippen LogP contribution < -0.4 is 10.1 Å². The van der Waals surface area contributed by atoms with Crippen molar-refractivity contribution in [2.24, 2.45) is 10.9 Å². The SMILES string of the molecule is CC1Cc2ccc(-c3cc(CNC(=O)C4C=CC=NC4=O)no3)cc2O1. The van der Waals surface area contributed by atoms with Gasteiger partial charge in [0.2, 0.25) is 5.91 Å². The van der Waals surface area contributed by atoms with Crippen LogP contribution in [0.4, 0.5) is 0 Å². The van der Waals surface area contributed by atoms with Gasteiger partial charge in [0, 0.05) is 24.3 Å². The van der Waals surface area contributed by atoms with Gasteiger partial charge in [0.1, 0.15) is 23.5 Å². The van der Waals surface area contributed by atoms with E-state index in [0.717, 1.165) is 17.7 Å². The van der Waals surface area contributed by atoms with E-state index >= 15 is 0 Å². The summed E-state index contributed by atoms with van der Waals surface area (Å²) in [7, 11) is 0. The maximum absolute atomic E-state index is 12.1. The van der Waals surface area contributed by atoms with Gasteiger partial charge in [-0.1, -0.05) is 23.4 Å². The maximum Gasteiger partial charge on any atom is 0.262 e. The fourth-order valence-corrected chi connectivity index (χ4v) is 3.01. The number of hydrogen-bond acceptors (Lipinski definition) is 5. The van der Waals surface area contributed by atoms with Crippen molar-refractivity contribution in [2.75, 3.05) is 0 Å². The van der Waals surface area contributed by atoms with Crippen LogP contribution in [-0.4, -0.2) is 29.3 Å². The molecule has 0 saturated heterocycles. The average molecular weight is 351 g/mol. The zero-order chi connectivity index (χ0) is 18.1. The second-order valence-corrected chi connectivity index (χ2v) is 6.33. The number of amides is 2. The summed E-state index contributed by atoms with van der Waals surface area (Å²) < 4.78 is 11.1. The van der Waals surface area contributed by atoms with Crippen molar-refractivity contribution in [3.63, 3.8) is 0 Å². The molecule has 2 aliphatic heterocycles. The van der Waals surface area contributed by atoms with Crippen LogP contribution in [0.5, 0.6) is 5.75 Å². The molecule has 1 aromatic heterocycles. The van der Waals surface area contributed by atoms with Crippen molar-refractivity contribution in [1.29, 1.82) is 0 Å². The Morgan fingerprint density at radius 2 is 2.23 bits per heavy atom. The van der Waals surface area contributed by atoms with Crippen LogP contribution in [-0.2, 0) is 22.6 Å². The van der Waals surface area contributed by atoms with E-state index in [2.05, 4.69) is 15.5 Å². The Balaban J connectivity index is 1.42. The molecule has 0 radical (unpaired) electrons. The molecule has 2 amide bonds. The molecule has 0 fully saturated rings. The molecule has 3 heterocycles. The van der Waals surface area contributed by atoms with E-state index in [1.54, 1.807) is 12.1 Å². The van der Waals surface area contributed by atoms with Crippen LogP contribution in [0.2, 0.25) is 0 Å². The number of benzene rings is 1. The number of rotatable bonds is 4. The van der Waals surface area contributed by atoms with Gasteiger partial charge in [0.05, 0.1) is 6.54 Å². The van der Waals surface area contributed by atoms with Gasteiger partial charge in [-0.2, -0.15) is 0 Å². The predicted molar refractivity (Wildman–Crippen MR) is 93.7 cm³/mol. The van der Waals surface area contributed by atoms with E-state index in [-0.39, 0.29) is 12.6 Å². The van der Waals surface area contributed by atoms with Crippen LogP contribution >= 0.6 is 0 Å². The van der Waals surface area contributed by atoms with Gasteiger partial charge in [-0.3, -0.25) is 9.59 Å². The molecule has 2 aromatic rings. The minimum absolute atomic E-state index is 0.169. The highest BCUT2D eigenvalue weighted by Crippen LogP contribution is 2.33. The monoisotopic (exact) mass is 351 g/mol. The minimum atomic E-state index is -0.887. The second kappa shape index (κ2) is 6.59. The highest BCUT2D eigenvalue weighted by atomic mass is 16.5. The van der Waals surface area contributed by atoms with E-state index < -0.39 is 17.7 Å². The molecule has 4 rings (SSSR count). The summed E-state index contributed by atoms with van der Waals surface area (Å²) in [6.07, 6.45) is 5.56. The van der Waals surface area contributed by atoms with E-state index in [1.807, 2.05) is 25.1 Å². The molecule has 132 valence electrons. The number of carbonyl (C=O) groups is 2. The summed E-state index contributed by atoms with van der Waals surface area (Å²) in [5, 5.41) is 6.65. The van der Waals surface area contributed by atoms with Crippen LogP contribution in [0.15, 0.2) is 45.9 Å². The first-order valence-electron chi connectivity index (χ1n) is 8.38. The molecule has 2 unspecified atom stereocenters. The largest absolute Gasteiger partial charge is 0.490 e. The lowest BCUT2D eigenvalue weighted by molar-refractivity contribution is -0.131. The zero-order valence-corrected chi connectivity index (χ0v) is 14.1. The van der Waals surface area contributed by atoms with Gasteiger partial charge >= 0.3 is 0 Å². The molecule has 0 saturated carbocycles. The van der Waals surface area contributed by atoms with E-state index in [0.29, 0.717) is 11.5 Å². The van der Waals surface area contributed by atoms with Crippen LogP contribution in [0.3, 0.4) is 0 Å². The number of aliphatic imine (C=N–C) groups is 1. The predicted octanol–water partition coefficient (Wildman–Crippen LogP) is 2.06. The highest BCUT2D eigenvalue weighted by molar-refractivity contribution is 6.07.